The molecule has 1 amide bonds. The third kappa shape index (κ3) is 4.04. The first kappa shape index (κ1) is 19.9. The fourth-order valence-corrected chi connectivity index (χ4v) is 3.34. The van der Waals surface area contributed by atoms with Crippen molar-refractivity contribution in [2.75, 3.05) is 13.2 Å². The van der Waals surface area contributed by atoms with E-state index in [4.69, 9.17) is 9.47 Å². The number of hydrogen-bond acceptors (Lipinski definition) is 5. The number of nitrogens with zero attached hydrogens (tertiary/aromatic N) is 1. The van der Waals surface area contributed by atoms with Crippen LogP contribution in [0.5, 0.6) is 11.5 Å². The van der Waals surface area contributed by atoms with Crippen molar-refractivity contribution < 1.29 is 19.4 Å². The monoisotopic (exact) mass is 386 g/mol. The SMILES string of the molecule is CCNC(=O)c1c(O)c2c(n(Cc3ccc(OC(C)C)cc3)c1=O)CCOC2. The molecule has 2 heterocycles. The molecular formula is C21H26N2O5. The predicted molar refractivity (Wildman–Crippen MR) is 105 cm³/mol. The first-order valence-electron chi connectivity index (χ1n) is 9.51. The number of hydrogen-bond donors (Lipinski definition) is 2. The highest BCUT2D eigenvalue weighted by molar-refractivity contribution is 5.97. The number of fused-ring (bicyclic) bond motifs is 1. The standard InChI is InChI=1S/C21H26N2O5/c1-4-22-20(25)18-19(24)16-12-27-10-9-17(16)23(21(18)26)11-14-5-7-15(8-6-14)28-13(2)3/h5-8,13,24H,4,9-12H2,1-3H3,(H,22,25). The summed E-state index contributed by atoms with van der Waals surface area (Å²) >= 11 is 0. The number of aromatic nitrogens is 1. The van der Waals surface area contributed by atoms with Gasteiger partial charge < -0.3 is 24.5 Å². The molecule has 0 atom stereocenters. The molecule has 1 aromatic carbocycles. The van der Waals surface area contributed by atoms with Gasteiger partial charge in [0.2, 0.25) is 0 Å². The Bertz CT molecular complexity index is 916. The molecule has 1 aromatic heterocycles. The van der Waals surface area contributed by atoms with Crippen molar-refractivity contribution in [3.8, 4) is 11.5 Å². The van der Waals surface area contributed by atoms with Crippen molar-refractivity contribution in [1.29, 1.82) is 0 Å². The zero-order valence-electron chi connectivity index (χ0n) is 16.4. The number of pyridine rings is 1. The molecule has 0 fully saturated rings. The Morgan fingerprint density at radius 3 is 2.68 bits per heavy atom. The largest absolute Gasteiger partial charge is 0.506 e. The van der Waals surface area contributed by atoms with E-state index in [9.17, 15) is 14.7 Å². The van der Waals surface area contributed by atoms with Crippen molar-refractivity contribution in [3.05, 3.63) is 57.0 Å². The Balaban J connectivity index is 2.03. The second-order valence-electron chi connectivity index (χ2n) is 7.01. The van der Waals surface area contributed by atoms with Crippen LogP contribution >= 0.6 is 0 Å². The quantitative estimate of drug-likeness (QED) is 0.795. The molecule has 1 aliphatic rings. The molecule has 7 nitrogen and oxygen atoms in total. The Hall–Kier alpha value is -2.80. The minimum atomic E-state index is -0.576. The lowest BCUT2D eigenvalue weighted by atomic mass is 10.0. The minimum Gasteiger partial charge on any atom is -0.506 e. The number of carbonyl (C=O) groups excluding carboxylic acids is 1. The van der Waals surface area contributed by atoms with Crippen LogP contribution in [0, 0.1) is 0 Å². The molecule has 0 aliphatic carbocycles. The number of benzene rings is 1. The van der Waals surface area contributed by atoms with Crippen LogP contribution in [0.1, 0.15) is 48.0 Å². The van der Waals surface area contributed by atoms with Crippen molar-refractivity contribution in [3.63, 3.8) is 0 Å². The smallest absolute Gasteiger partial charge is 0.267 e. The second kappa shape index (κ2) is 8.48. The van der Waals surface area contributed by atoms with Gasteiger partial charge in [-0.25, -0.2) is 0 Å². The number of nitrogens with one attached hydrogen (secondary N) is 1. The van der Waals surface area contributed by atoms with Gasteiger partial charge in [0.15, 0.2) is 0 Å². The summed E-state index contributed by atoms with van der Waals surface area (Å²) in [5.41, 5.74) is 1.40. The van der Waals surface area contributed by atoms with Crippen molar-refractivity contribution in [2.45, 2.75) is 46.4 Å². The fraction of sp³-hybridized carbons (Fsp3) is 0.429. The molecule has 2 N–H and O–H groups in total. The van der Waals surface area contributed by atoms with E-state index in [1.54, 1.807) is 11.5 Å². The number of ether oxygens (including phenoxy) is 2. The summed E-state index contributed by atoms with van der Waals surface area (Å²) in [6.07, 6.45) is 0.583. The lowest BCUT2D eigenvalue weighted by Crippen LogP contribution is -2.37. The maximum absolute atomic E-state index is 13.1. The molecule has 28 heavy (non-hydrogen) atoms. The van der Waals surface area contributed by atoms with Crippen LogP contribution in [0.25, 0.3) is 0 Å². The van der Waals surface area contributed by atoms with E-state index >= 15 is 0 Å². The van der Waals surface area contributed by atoms with Crippen LogP contribution in [0.2, 0.25) is 0 Å². The van der Waals surface area contributed by atoms with Gasteiger partial charge in [0.05, 0.1) is 25.9 Å². The Morgan fingerprint density at radius 1 is 1.32 bits per heavy atom. The van der Waals surface area contributed by atoms with Gasteiger partial charge in [0, 0.05) is 24.2 Å². The van der Waals surface area contributed by atoms with Crippen LogP contribution in [0.3, 0.4) is 0 Å². The summed E-state index contributed by atoms with van der Waals surface area (Å²) in [4.78, 5) is 25.5. The van der Waals surface area contributed by atoms with Gasteiger partial charge in [-0.1, -0.05) is 12.1 Å². The maximum atomic E-state index is 13.1. The third-order valence-electron chi connectivity index (χ3n) is 4.59. The Labute approximate surface area is 163 Å². The summed E-state index contributed by atoms with van der Waals surface area (Å²) in [5.74, 6) is -0.0920. The summed E-state index contributed by atoms with van der Waals surface area (Å²) in [7, 11) is 0. The van der Waals surface area contributed by atoms with E-state index in [2.05, 4.69) is 5.32 Å². The van der Waals surface area contributed by atoms with Crippen LogP contribution in [-0.4, -0.2) is 34.8 Å². The Morgan fingerprint density at radius 2 is 2.04 bits per heavy atom. The van der Waals surface area contributed by atoms with Crippen LogP contribution < -0.4 is 15.6 Å². The lowest BCUT2D eigenvalue weighted by Gasteiger charge is -2.24. The first-order valence-corrected chi connectivity index (χ1v) is 9.51. The summed E-state index contributed by atoms with van der Waals surface area (Å²) in [6.45, 7) is 6.99. The average Bonchev–Trinajstić information content (AvgIpc) is 2.66. The first-order chi connectivity index (χ1) is 13.4. The van der Waals surface area contributed by atoms with E-state index in [1.165, 1.54) is 0 Å². The second-order valence-corrected chi connectivity index (χ2v) is 7.01. The average molecular weight is 386 g/mol. The lowest BCUT2D eigenvalue weighted by molar-refractivity contribution is 0.0940. The van der Waals surface area contributed by atoms with E-state index in [0.29, 0.717) is 37.4 Å². The van der Waals surface area contributed by atoms with E-state index in [1.807, 2.05) is 38.1 Å². The molecule has 3 rings (SSSR count). The molecule has 0 radical (unpaired) electrons. The van der Waals surface area contributed by atoms with Crippen molar-refractivity contribution >= 4 is 5.91 Å². The van der Waals surface area contributed by atoms with Crippen LogP contribution in [0.4, 0.5) is 0 Å². The maximum Gasteiger partial charge on any atom is 0.267 e. The summed E-state index contributed by atoms with van der Waals surface area (Å²) < 4.78 is 12.7. The fourth-order valence-electron chi connectivity index (χ4n) is 3.34. The molecule has 0 unspecified atom stereocenters. The number of amides is 1. The van der Waals surface area contributed by atoms with E-state index in [-0.39, 0.29) is 24.0 Å². The van der Waals surface area contributed by atoms with Crippen LogP contribution in [-0.2, 0) is 24.3 Å². The molecule has 2 aromatic rings. The van der Waals surface area contributed by atoms with Gasteiger partial charge in [-0.05, 0) is 38.5 Å². The zero-order chi connectivity index (χ0) is 20.3. The minimum absolute atomic E-state index is 0.0808. The molecule has 150 valence electrons. The van der Waals surface area contributed by atoms with Gasteiger partial charge in [-0.3, -0.25) is 9.59 Å². The van der Waals surface area contributed by atoms with Gasteiger partial charge in [-0.15, -0.1) is 0 Å². The zero-order valence-corrected chi connectivity index (χ0v) is 16.4. The van der Waals surface area contributed by atoms with Gasteiger partial charge in [-0.2, -0.15) is 0 Å². The summed E-state index contributed by atoms with van der Waals surface area (Å²) in [5, 5.41) is 13.1. The molecule has 0 saturated heterocycles. The van der Waals surface area contributed by atoms with Crippen LogP contribution in [0.15, 0.2) is 29.1 Å². The molecule has 7 heteroatoms. The summed E-state index contributed by atoms with van der Waals surface area (Å²) in [6, 6.07) is 7.52. The molecule has 0 spiro atoms. The topological polar surface area (TPSA) is 89.8 Å². The molecular weight excluding hydrogens is 360 g/mol. The van der Waals surface area contributed by atoms with Crippen molar-refractivity contribution in [2.24, 2.45) is 0 Å². The predicted octanol–water partition coefficient (Wildman–Crippen LogP) is 2.21. The number of aromatic hydroxyl groups is 1. The van der Waals surface area contributed by atoms with Gasteiger partial charge >= 0.3 is 0 Å². The molecule has 1 aliphatic heterocycles. The van der Waals surface area contributed by atoms with E-state index < -0.39 is 11.5 Å². The van der Waals surface area contributed by atoms with Gasteiger partial charge in [0.25, 0.3) is 11.5 Å². The highest BCUT2D eigenvalue weighted by Crippen LogP contribution is 2.28. The number of rotatable bonds is 6. The third-order valence-corrected chi connectivity index (χ3v) is 4.59. The molecule has 0 saturated carbocycles. The van der Waals surface area contributed by atoms with E-state index in [0.717, 1.165) is 11.3 Å². The highest BCUT2D eigenvalue weighted by atomic mass is 16.5. The highest BCUT2D eigenvalue weighted by Gasteiger charge is 2.27. The molecule has 0 bridgehead atoms. The van der Waals surface area contributed by atoms with Crippen molar-refractivity contribution in [1.82, 2.24) is 9.88 Å². The van der Waals surface area contributed by atoms with Gasteiger partial charge in [0.1, 0.15) is 17.1 Å². The number of carbonyl (C=O) groups is 1. The normalized spacial score (nSPS) is 13.3. The Kier molecular flexibility index (Phi) is 6.04.